The molecule has 3 aliphatic heterocycles. The zero-order valence-electron chi connectivity index (χ0n) is 16.4. The van der Waals surface area contributed by atoms with Crippen LogP contribution in [0.4, 0.5) is 5.95 Å². The predicted octanol–water partition coefficient (Wildman–Crippen LogP) is 2.81. The Labute approximate surface area is 170 Å². The van der Waals surface area contributed by atoms with Gasteiger partial charge in [-0.05, 0) is 63.8 Å². The zero-order valence-corrected chi connectivity index (χ0v) is 17.2. The Morgan fingerprint density at radius 1 is 1.18 bits per heavy atom. The largest absolute Gasteiger partial charge is 0.384 e. The Bertz CT molecular complexity index is 820. The normalized spacial score (nSPS) is 29.7. The van der Waals surface area contributed by atoms with E-state index in [2.05, 4.69) is 39.7 Å². The van der Waals surface area contributed by atoms with E-state index in [0.717, 1.165) is 60.2 Å². The average Bonchev–Trinajstić information content (AvgIpc) is 3.32. The third-order valence-corrected chi connectivity index (χ3v) is 7.89. The van der Waals surface area contributed by atoms with Gasteiger partial charge in [-0.1, -0.05) is 0 Å². The van der Waals surface area contributed by atoms with E-state index in [1.807, 2.05) is 12.3 Å². The molecule has 0 radical (unpaired) electrons. The highest BCUT2D eigenvalue weighted by Gasteiger charge is 2.35. The predicted molar refractivity (Wildman–Crippen MR) is 113 cm³/mol. The van der Waals surface area contributed by atoms with Crippen molar-refractivity contribution >= 4 is 17.3 Å². The minimum Gasteiger partial charge on any atom is -0.384 e. The molecule has 7 heteroatoms. The summed E-state index contributed by atoms with van der Waals surface area (Å²) in [6.45, 7) is 1.87. The molecule has 0 saturated carbocycles. The van der Waals surface area contributed by atoms with Gasteiger partial charge in [-0.25, -0.2) is 9.97 Å². The number of likely N-dealkylation sites (tertiary alicyclic amines) is 1. The van der Waals surface area contributed by atoms with Gasteiger partial charge in [0.25, 0.3) is 0 Å². The van der Waals surface area contributed by atoms with Crippen molar-refractivity contribution in [1.29, 1.82) is 0 Å². The van der Waals surface area contributed by atoms with E-state index < -0.39 is 5.60 Å². The van der Waals surface area contributed by atoms with Crippen molar-refractivity contribution in [2.75, 3.05) is 25.5 Å². The van der Waals surface area contributed by atoms with E-state index in [4.69, 9.17) is 4.98 Å². The summed E-state index contributed by atoms with van der Waals surface area (Å²) < 4.78 is 0. The van der Waals surface area contributed by atoms with Gasteiger partial charge in [0.1, 0.15) is 5.60 Å². The molecule has 0 spiro atoms. The van der Waals surface area contributed by atoms with Gasteiger partial charge < -0.3 is 20.6 Å². The van der Waals surface area contributed by atoms with E-state index in [0.29, 0.717) is 18.1 Å². The number of hydrogen-bond acceptors (Lipinski definition) is 7. The summed E-state index contributed by atoms with van der Waals surface area (Å²) in [7, 11) is 2.11. The van der Waals surface area contributed by atoms with Crippen LogP contribution < -0.4 is 10.6 Å². The molecule has 0 aliphatic carbocycles. The molecule has 3 aliphatic rings. The summed E-state index contributed by atoms with van der Waals surface area (Å²) in [5.74, 6) is 0.719. The highest BCUT2D eigenvalue weighted by molar-refractivity contribution is 7.15. The van der Waals surface area contributed by atoms with Crippen LogP contribution in [0.25, 0.3) is 10.6 Å². The number of piperidine rings is 2. The van der Waals surface area contributed by atoms with Crippen LogP contribution in [-0.4, -0.2) is 58.2 Å². The number of rotatable bonds is 4. The Balaban J connectivity index is 1.31. The van der Waals surface area contributed by atoms with Crippen LogP contribution in [-0.2, 0) is 5.60 Å². The molecule has 2 bridgehead atoms. The third kappa shape index (κ3) is 3.68. The van der Waals surface area contributed by atoms with Gasteiger partial charge in [-0.3, -0.25) is 0 Å². The van der Waals surface area contributed by atoms with Crippen LogP contribution in [0.5, 0.6) is 0 Å². The Kier molecular flexibility index (Phi) is 4.87. The topological polar surface area (TPSA) is 73.3 Å². The van der Waals surface area contributed by atoms with E-state index in [-0.39, 0.29) is 0 Å². The van der Waals surface area contributed by atoms with Crippen molar-refractivity contribution in [2.24, 2.45) is 0 Å². The van der Waals surface area contributed by atoms with Crippen LogP contribution in [0, 0.1) is 0 Å². The van der Waals surface area contributed by atoms with Crippen LogP contribution >= 0.6 is 11.3 Å². The minimum absolute atomic E-state index is 0.452. The molecule has 3 fully saturated rings. The van der Waals surface area contributed by atoms with E-state index in [9.17, 15) is 5.11 Å². The van der Waals surface area contributed by atoms with Crippen molar-refractivity contribution in [3.63, 3.8) is 0 Å². The molecule has 5 rings (SSSR count). The number of fused-ring (bicyclic) bond motifs is 2. The van der Waals surface area contributed by atoms with Gasteiger partial charge in [0.15, 0.2) is 0 Å². The maximum atomic E-state index is 11.1. The lowest BCUT2D eigenvalue weighted by atomic mass is 9.90. The van der Waals surface area contributed by atoms with Crippen LogP contribution in [0.1, 0.15) is 43.4 Å². The van der Waals surface area contributed by atoms with Gasteiger partial charge in [0.05, 0.1) is 10.6 Å². The lowest BCUT2D eigenvalue weighted by Crippen LogP contribution is -2.43. The second-order valence-electron chi connectivity index (χ2n) is 8.71. The number of aromatic nitrogens is 2. The number of hydrogen-bond donors (Lipinski definition) is 3. The molecule has 3 N–H and O–H groups in total. The summed E-state index contributed by atoms with van der Waals surface area (Å²) in [6, 6.07) is 7.88. The Morgan fingerprint density at radius 3 is 2.68 bits per heavy atom. The molecule has 150 valence electrons. The van der Waals surface area contributed by atoms with E-state index in [1.165, 1.54) is 12.8 Å². The van der Waals surface area contributed by atoms with Crippen LogP contribution in [0.2, 0.25) is 0 Å². The number of aliphatic hydroxyl groups is 1. The second-order valence-corrected chi connectivity index (χ2v) is 9.80. The lowest BCUT2D eigenvalue weighted by Gasteiger charge is -2.35. The monoisotopic (exact) mass is 399 g/mol. The molecule has 2 aromatic heterocycles. The average molecular weight is 400 g/mol. The highest BCUT2D eigenvalue weighted by Crippen LogP contribution is 2.39. The van der Waals surface area contributed by atoms with E-state index >= 15 is 0 Å². The van der Waals surface area contributed by atoms with Gasteiger partial charge in [0.2, 0.25) is 5.95 Å². The third-order valence-electron chi connectivity index (χ3n) is 6.59. The maximum Gasteiger partial charge on any atom is 0.223 e. The number of thiophene rings is 1. The van der Waals surface area contributed by atoms with Crippen molar-refractivity contribution in [2.45, 2.75) is 62.3 Å². The summed E-state index contributed by atoms with van der Waals surface area (Å²) in [5, 5.41) is 18.3. The summed E-state index contributed by atoms with van der Waals surface area (Å²) in [5.41, 5.74) is 0.236. The second kappa shape index (κ2) is 7.37. The maximum absolute atomic E-state index is 11.1. The summed E-state index contributed by atoms with van der Waals surface area (Å²) >= 11 is 1.66. The molecule has 0 aromatic carbocycles. The first-order valence-corrected chi connectivity index (χ1v) is 11.3. The van der Waals surface area contributed by atoms with Crippen molar-refractivity contribution < 1.29 is 5.11 Å². The SMILES string of the molecule is CN1CCC(O)(c2ccc(-c3ccnc(NC4C[C@H]5CC[C@@H](C4)N5)n3)s2)CC1. The molecule has 6 nitrogen and oxygen atoms in total. The first-order valence-electron chi connectivity index (χ1n) is 10.4. The molecular weight excluding hydrogens is 370 g/mol. The molecule has 2 aromatic rings. The fraction of sp³-hybridized carbons (Fsp3) is 0.619. The van der Waals surface area contributed by atoms with E-state index in [1.54, 1.807) is 11.3 Å². The molecule has 3 atom stereocenters. The first kappa shape index (κ1) is 18.5. The van der Waals surface area contributed by atoms with Gasteiger partial charge in [-0.2, -0.15) is 0 Å². The molecule has 3 saturated heterocycles. The summed E-state index contributed by atoms with van der Waals surface area (Å²) in [6.07, 6.45) is 8.30. The van der Waals surface area contributed by atoms with Crippen molar-refractivity contribution in [1.82, 2.24) is 20.2 Å². The van der Waals surface area contributed by atoms with Gasteiger partial charge >= 0.3 is 0 Å². The van der Waals surface area contributed by atoms with Crippen molar-refractivity contribution in [3.8, 4) is 10.6 Å². The molecule has 0 amide bonds. The lowest BCUT2D eigenvalue weighted by molar-refractivity contribution is -0.0172. The van der Waals surface area contributed by atoms with Gasteiger partial charge in [-0.15, -0.1) is 11.3 Å². The number of anilines is 1. The van der Waals surface area contributed by atoms with Crippen LogP contribution in [0.15, 0.2) is 24.4 Å². The van der Waals surface area contributed by atoms with Crippen molar-refractivity contribution in [3.05, 3.63) is 29.3 Å². The first-order chi connectivity index (χ1) is 13.6. The fourth-order valence-corrected chi connectivity index (χ4v) is 6.01. The van der Waals surface area contributed by atoms with Gasteiger partial charge in [0, 0.05) is 42.3 Å². The highest BCUT2D eigenvalue weighted by atomic mass is 32.1. The molecular formula is C21H29N5OS. The summed E-state index contributed by atoms with van der Waals surface area (Å²) in [4.78, 5) is 13.7. The Hall–Kier alpha value is -1.54. The molecule has 1 unspecified atom stereocenters. The minimum atomic E-state index is -0.697. The number of nitrogens with one attached hydrogen (secondary N) is 2. The fourth-order valence-electron chi connectivity index (χ4n) is 4.88. The smallest absolute Gasteiger partial charge is 0.223 e. The Morgan fingerprint density at radius 2 is 1.93 bits per heavy atom. The quantitative estimate of drug-likeness (QED) is 0.734. The zero-order chi connectivity index (χ0) is 19.1. The molecule has 28 heavy (non-hydrogen) atoms. The molecule has 5 heterocycles. The van der Waals surface area contributed by atoms with Crippen LogP contribution in [0.3, 0.4) is 0 Å². The number of nitrogens with zero attached hydrogens (tertiary/aromatic N) is 3. The standard InChI is InChI=1S/C21H29N5OS/c1-26-10-7-21(27,8-11-26)19-5-4-18(28-19)17-6-9-22-20(25-17)24-16-12-14-2-3-15(13-16)23-14/h4-6,9,14-16,23,27H,2-3,7-8,10-13H2,1H3,(H,22,24,25)/t14-,15+,16?.